The van der Waals surface area contributed by atoms with Crippen LogP contribution in [-0.4, -0.2) is 36.8 Å². The molecule has 1 fully saturated rings. The molecule has 0 aromatic heterocycles. The van der Waals surface area contributed by atoms with Crippen molar-refractivity contribution in [2.75, 3.05) is 19.7 Å². The zero-order chi connectivity index (χ0) is 15.5. The molecule has 0 aliphatic heterocycles. The van der Waals surface area contributed by atoms with Gasteiger partial charge in [-0.2, -0.15) is 0 Å². The second-order valence-electron chi connectivity index (χ2n) is 6.49. The fourth-order valence-corrected chi connectivity index (χ4v) is 3.06. The number of aliphatic hydroxyl groups is 1. The summed E-state index contributed by atoms with van der Waals surface area (Å²) >= 11 is 0. The van der Waals surface area contributed by atoms with E-state index in [0.29, 0.717) is 12.0 Å². The molecule has 1 unspecified atom stereocenters. The van der Waals surface area contributed by atoms with Gasteiger partial charge in [0.2, 0.25) is 0 Å². The van der Waals surface area contributed by atoms with Crippen LogP contribution in [0, 0.1) is 11.8 Å². The lowest BCUT2D eigenvalue weighted by molar-refractivity contribution is 0.253. The van der Waals surface area contributed by atoms with Gasteiger partial charge in [-0.05, 0) is 57.3 Å². The maximum atomic E-state index is 9.14. The van der Waals surface area contributed by atoms with Crippen LogP contribution in [0.1, 0.15) is 65.7 Å². The SMILES string of the molecule is CCCC(CCO)CN=C(NCC)NC1CCC(C)CC1. The summed E-state index contributed by atoms with van der Waals surface area (Å²) in [6, 6.07) is 0.571. The van der Waals surface area contributed by atoms with Gasteiger partial charge in [-0.3, -0.25) is 4.99 Å². The van der Waals surface area contributed by atoms with Gasteiger partial charge in [-0.15, -0.1) is 0 Å². The molecule has 0 spiro atoms. The minimum Gasteiger partial charge on any atom is -0.396 e. The maximum Gasteiger partial charge on any atom is 0.191 e. The van der Waals surface area contributed by atoms with Crippen molar-refractivity contribution in [1.29, 1.82) is 0 Å². The molecule has 1 rings (SSSR count). The van der Waals surface area contributed by atoms with E-state index in [-0.39, 0.29) is 6.61 Å². The maximum absolute atomic E-state index is 9.14. The second kappa shape index (κ2) is 10.9. The topological polar surface area (TPSA) is 56.7 Å². The molecule has 4 nitrogen and oxygen atoms in total. The third-order valence-electron chi connectivity index (χ3n) is 4.44. The van der Waals surface area contributed by atoms with Crippen LogP contribution in [0.4, 0.5) is 0 Å². The molecule has 0 saturated heterocycles. The third-order valence-corrected chi connectivity index (χ3v) is 4.44. The number of rotatable bonds is 8. The quantitative estimate of drug-likeness (QED) is 0.477. The molecule has 1 atom stereocenters. The van der Waals surface area contributed by atoms with Crippen molar-refractivity contribution in [3.63, 3.8) is 0 Å². The first-order valence-corrected chi connectivity index (χ1v) is 8.85. The Labute approximate surface area is 130 Å². The predicted octanol–water partition coefficient (Wildman–Crippen LogP) is 2.92. The van der Waals surface area contributed by atoms with Crippen molar-refractivity contribution < 1.29 is 5.11 Å². The zero-order valence-electron chi connectivity index (χ0n) is 14.2. The van der Waals surface area contributed by atoms with Crippen LogP contribution in [0.25, 0.3) is 0 Å². The lowest BCUT2D eigenvalue weighted by Gasteiger charge is -2.28. The Hall–Kier alpha value is -0.770. The van der Waals surface area contributed by atoms with Crippen molar-refractivity contribution in [3.05, 3.63) is 0 Å². The van der Waals surface area contributed by atoms with E-state index in [0.717, 1.165) is 44.2 Å². The Balaban J connectivity index is 2.47. The Kier molecular flexibility index (Phi) is 9.48. The van der Waals surface area contributed by atoms with E-state index in [1.807, 2.05) is 0 Å². The van der Waals surface area contributed by atoms with Gasteiger partial charge in [-0.1, -0.05) is 20.3 Å². The monoisotopic (exact) mass is 297 g/mol. The van der Waals surface area contributed by atoms with E-state index in [1.54, 1.807) is 0 Å². The minimum absolute atomic E-state index is 0.269. The average Bonchev–Trinajstić information content (AvgIpc) is 2.47. The largest absolute Gasteiger partial charge is 0.396 e. The first-order valence-electron chi connectivity index (χ1n) is 8.85. The molecule has 1 saturated carbocycles. The van der Waals surface area contributed by atoms with Crippen molar-refractivity contribution in [2.24, 2.45) is 16.8 Å². The van der Waals surface area contributed by atoms with Crippen molar-refractivity contribution in [2.45, 2.75) is 71.8 Å². The van der Waals surface area contributed by atoms with Crippen LogP contribution in [0.15, 0.2) is 4.99 Å². The smallest absolute Gasteiger partial charge is 0.191 e. The molecule has 0 bridgehead atoms. The summed E-state index contributed by atoms with van der Waals surface area (Å²) < 4.78 is 0. The number of hydrogen-bond acceptors (Lipinski definition) is 2. The fourth-order valence-electron chi connectivity index (χ4n) is 3.06. The number of hydrogen-bond donors (Lipinski definition) is 3. The molecule has 0 aromatic carbocycles. The molecule has 0 radical (unpaired) electrons. The molecule has 0 heterocycles. The van der Waals surface area contributed by atoms with E-state index in [9.17, 15) is 0 Å². The van der Waals surface area contributed by atoms with Gasteiger partial charge in [0, 0.05) is 25.7 Å². The summed E-state index contributed by atoms with van der Waals surface area (Å²) in [6.07, 6.45) is 8.30. The highest BCUT2D eigenvalue weighted by atomic mass is 16.3. The summed E-state index contributed by atoms with van der Waals surface area (Å²) in [7, 11) is 0. The van der Waals surface area contributed by atoms with E-state index < -0.39 is 0 Å². The van der Waals surface area contributed by atoms with Crippen molar-refractivity contribution in [1.82, 2.24) is 10.6 Å². The molecule has 1 aliphatic rings. The summed E-state index contributed by atoms with van der Waals surface area (Å²) in [5, 5.41) is 16.1. The lowest BCUT2D eigenvalue weighted by Crippen LogP contribution is -2.45. The average molecular weight is 297 g/mol. The second-order valence-corrected chi connectivity index (χ2v) is 6.49. The highest BCUT2D eigenvalue weighted by Crippen LogP contribution is 2.23. The van der Waals surface area contributed by atoms with Gasteiger partial charge in [0.15, 0.2) is 5.96 Å². The fraction of sp³-hybridized carbons (Fsp3) is 0.941. The Morgan fingerprint density at radius 2 is 1.90 bits per heavy atom. The van der Waals surface area contributed by atoms with E-state index in [4.69, 9.17) is 10.1 Å². The van der Waals surface area contributed by atoms with E-state index in [2.05, 4.69) is 31.4 Å². The first-order chi connectivity index (χ1) is 10.2. The Bertz CT molecular complexity index is 280. The van der Waals surface area contributed by atoms with Crippen LogP contribution in [0.5, 0.6) is 0 Å². The van der Waals surface area contributed by atoms with Gasteiger partial charge in [0.05, 0.1) is 0 Å². The number of guanidine groups is 1. The molecule has 124 valence electrons. The van der Waals surface area contributed by atoms with E-state index >= 15 is 0 Å². The van der Waals surface area contributed by atoms with E-state index in [1.165, 1.54) is 25.7 Å². The number of nitrogens with zero attached hydrogens (tertiary/aromatic N) is 1. The van der Waals surface area contributed by atoms with Gasteiger partial charge >= 0.3 is 0 Å². The zero-order valence-corrected chi connectivity index (χ0v) is 14.2. The summed E-state index contributed by atoms with van der Waals surface area (Å²) in [6.45, 7) is 8.63. The van der Waals surface area contributed by atoms with Crippen LogP contribution in [-0.2, 0) is 0 Å². The molecule has 1 aliphatic carbocycles. The molecule has 0 aromatic rings. The highest BCUT2D eigenvalue weighted by Gasteiger charge is 2.19. The van der Waals surface area contributed by atoms with Crippen molar-refractivity contribution >= 4 is 5.96 Å². The minimum atomic E-state index is 0.269. The molecule has 3 N–H and O–H groups in total. The predicted molar refractivity (Wildman–Crippen MR) is 90.6 cm³/mol. The molecular formula is C17H35N3O. The van der Waals surface area contributed by atoms with Gasteiger partial charge in [-0.25, -0.2) is 0 Å². The highest BCUT2D eigenvalue weighted by molar-refractivity contribution is 5.80. The first kappa shape index (κ1) is 18.3. The molecule has 21 heavy (non-hydrogen) atoms. The van der Waals surface area contributed by atoms with Crippen LogP contribution >= 0.6 is 0 Å². The Morgan fingerprint density at radius 3 is 2.48 bits per heavy atom. The molecular weight excluding hydrogens is 262 g/mol. The normalized spacial score (nSPS) is 24.7. The number of aliphatic imine (C=N–C) groups is 1. The number of nitrogens with one attached hydrogen (secondary N) is 2. The van der Waals surface area contributed by atoms with Gasteiger partial charge < -0.3 is 15.7 Å². The van der Waals surface area contributed by atoms with Gasteiger partial charge in [0.25, 0.3) is 0 Å². The standard InChI is InChI=1S/C17H35N3O/c1-4-6-15(11-12-21)13-19-17(18-5-2)20-16-9-7-14(3)8-10-16/h14-16,21H,4-13H2,1-3H3,(H2,18,19,20). The third kappa shape index (κ3) is 7.70. The van der Waals surface area contributed by atoms with Crippen LogP contribution in [0.3, 0.4) is 0 Å². The van der Waals surface area contributed by atoms with Gasteiger partial charge in [0.1, 0.15) is 0 Å². The molecule has 4 heteroatoms. The molecule has 0 amide bonds. The summed E-state index contributed by atoms with van der Waals surface area (Å²) in [5.41, 5.74) is 0. The van der Waals surface area contributed by atoms with Crippen LogP contribution < -0.4 is 10.6 Å². The number of aliphatic hydroxyl groups excluding tert-OH is 1. The summed E-state index contributed by atoms with van der Waals surface area (Å²) in [5.74, 6) is 2.33. The Morgan fingerprint density at radius 1 is 1.19 bits per heavy atom. The van der Waals surface area contributed by atoms with Crippen molar-refractivity contribution in [3.8, 4) is 0 Å². The summed E-state index contributed by atoms with van der Waals surface area (Å²) in [4.78, 5) is 4.75. The van der Waals surface area contributed by atoms with Crippen LogP contribution in [0.2, 0.25) is 0 Å². The lowest BCUT2D eigenvalue weighted by atomic mass is 9.87.